The van der Waals surface area contributed by atoms with Gasteiger partial charge in [0.25, 0.3) is 0 Å². The van der Waals surface area contributed by atoms with E-state index in [9.17, 15) is 4.79 Å². The molecule has 0 aliphatic carbocycles. The first-order chi connectivity index (χ1) is 3.72. The molecular formula is C5H7NO2. The highest BCUT2D eigenvalue weighted by molar-refractivity contribution is 5.81. The van der Waals surface area contributed by atoms with E-state index < -0.39 is 0 Å². The number of carbonyl (C=O) groups excluding carboxylic acids is 1. The molecule has 0 aromatic carbocycles. The van der Waals surface area contributed by atoms with Crippen LogP contribution in [-0.4, -0.2) is 23.0 Å². The van der Waals surface area contributed by atoms with E-state index in [0.717, 1.165) is 0 Å². The number of hydrogen-bond donors (Lipinski definition) is 1. The van der Waals surface area contributed by atoms with Crippen LogP contribution < -0.4 is 0 Å². The molecule has 1 heterocycles. The molecule has 0 saturated carbocycles. The average molecular weight is 113 g/mol. The second kappa shape index (κ2) is 1.51. The Bertz CT molecular complexity index is 151. The van der Waals surface area contributed by atoms with Crippen molar-refractivity contribution in [1.29, 1.82) is 0 Å². The van der Waals surface area contributed by atoms with Gasteiger partial charge in [-0.15, -0.1) is 0 Å². The molecule has 0 aromatic rings. The summed E-state index contributed by atoms with van der Waals surface area (Å²) in [6.45, 7) is 0. The van der Waals surface area contributed by atoms with Crippen LogP contribution in [0.5, 0.6) is 0 Å². The van der Waals surface area contributed by atoms with E-state index in [1.54, 1.807) is 7.05 Å². The summed E-state index contributed by atoms with van der Waals surface area (Å²) in [4.78, 5) is 11.7. The highest BCUT2D eigenvalue weighted by Gasteiger charge is 2.17. The van der Waals surface area contributed by atoms with Crippen molar-refractivity contribution < 1.29 is 9.90 Å². The van der Waals surface area contributed by atoms with E-state index in [1.165, 1.54) is 11.0 Å². The molecule has 0 saturated heterocycles. The maximum atomic E-state index is 10.5. The number of nitrogens with zero attached hydrogens (tertiary/aromatic N) is 1. The smallest absolute Gasteiger partial charge is 0.233 e. The zero-order chi connectivity index (χ0) is 6.15. The van der Waals surface area contributed by atoms with Gasteiger partial charge in [0.15, 0.2) is 5.88 Å². The van der Waals surface area contributed by atoms with Gasteiger partial charge in [0, 0.05) is 7.05 Å². The predicted octanol–water partition coefficient (Wildman–Crippen LogP) is 0.248. The SMILES string of the molecule is CN1C(=O)CC=C1O. The van der Waals surface area contributed by atoms with E-state index in [1.807, 2.05) is 0 Å². The van der Waals surface area contributed by atoms with Gasteiger partial charge >= 0.3 is 0 Å². The Morgan fingerprint density at radius 1 is 1.88 bits per heavy atom. The van der Waals surface area contributed by atoms with Gasteiger partial charge in [0.2, 0.25) is 5.91 Å². The molecule has 1 N–H and O–H groups in total. The minimum Gasteiger partial charge on any atom is -0.495 e. The van der Waals surface area contributed by atoms with Crippen LogP contribution in [0.4, 0.5) is 0 Å². The van der Waals surface area contributed by atoms with E-state index in [2.05, 4.69) is 0 Å². The van der Waals surface area contributed by atoms with Crippen molar-refractivity contribution in [2.45, 2.75) is 6.42 Å². The number of carbonyl (C=O) groups is 1. The number of aliphatic hydroxyl groups is 1. The number of amides is 1. The summed E-state index contributed by atoms with van der Waals surface area (Å²) < 4.78 is 0. The summed E-state index contributed by atoms with van der Waals surface area (Å²) >= 11 is 0. The number of rotatable bonds is 0. The van der Waals surface area contributed by atoms with Crippen molar-refractivity contribution in [3.63, 3.8) is 0 Å². The van der Waals surface area contributed by atoms with E-state index in [0.29, 0.717) is 6.42 Å². The molecule has 1 amide bonds. The van der Waals surface area contributed by atoms with Crippen LogP contribution >= 0.6 is 0 Å². The van der Waals surface area contributed by atoms with Crippen molar-refractivity contribution in [1.82, 2.24) is 4.90 Å². The number of aliphatic hydroxyl groups excluding tert-OH is 1. The van der Waals surface area contributed by atoms with Crippen LogP contribution in [0, 0.1) is 0 Å². The van der Waals surface area contributed by atoms with Crippen LogP contribution in [0.25, 0.3) is 0 Å². The lowest BCUT2D eigenvalue weighted by atomic mass is 10.4. The Hall–Kier alpha value is -0.990. The average Bonchev–Trinajstić information content (AvgIpc) is 1.98. The van der Waals surface area contributed by atoms with E-state index in [-0.39, 0.29) is 11.8 Å². The van der Waals surface area contributed by atoms with Crippen LogP contribution in [0.3, 0.4) is 0 Å². The van der Waals surface area contributed by atoms with Crippen LogP contribution in [0.1, 0.15) is 6.42 Å². The van der Waals surface area contributed by atoms with Crippen molar-refractivity contribution in [3.05, 3.63) is 12.0 Å². The fraction of sp³-hybridized carbons (Fsp3) is 0.400. The molecule has 8 heavy (non-hydrogen) atoms. The zero-order valence-electron chi connectivity index (χ0n) is 4.59. The molecule has 44 valence electrons. The van der Waals surface area contributed by atoms with Gasteiger partial charge in [-0.2, -0.15) is 0 Å². The normalized spacial score (nSPS) is 19.4. The van der Waals surface area contributed by atoms with Gasteiger partial charge in [-0.1, -0.05) is 0 Å². The zero-order valence-corrected chi connectivity index (χ0v) is 4.59. The third kappa shape index (κ3) is 0.559. The van der Waals surface area contributed by atoms with Crippen LogP contribution in [0.2, 0.25) is 0 Å². The summed E-state index contributed by atoms with van der Waals surface area (Å²) in [5.41, 5.74) is 0. The lowest BCUT2D eigenvalue weighted by Crippen LogP contribution is -2.19. The second-order valence-electron chi connectivity index (χ2n) is 1.72. The van der Waals surface area contributed by atoms with Gasteiger partial charge in [-0.05, 0) is 6.08 Å². The van der Waals surface area contributed by atoms with Crippen LogP contribution in [0.15, 0.2) is 12.0 Å². The summed E-state index contributed by atoms with van der Waals surface area (Å²) in [5, 5.41) is 8.73. The molecule has 3 nitrogen and oxygen atoms in total. The summed E-state index contributed by atoms with van der Waals surface area (Å²) in [6.07, 6.45) is 1.82. The van der Waals surface area contributed by atoms with Crippen LogP contribution in [-0.2, 0) is 4.79 Å². The lowest BCUT2D eigenvalue weighted by Gasteiger charge is -2.06. The predicted molar refractivity (Wildman–Crippen MR) is 28.1 cm³/mol. The Kier molecular flexibility index (Phi) is 0.970. The fourth-order valence-corrected chi connectivity index (χ4v) is 0.580. The van der Waals surface area contributed by atoms with Crippen molar-refractivity contribution in [2.75, 3.05) is 7.05 Å². The first-order valence-electron chi connectivity index (χ1n) is 2.37. The summed E-state index contributed by atoms with van der Waals surface area (Å²) in [6, 6.07) is 0. The largest absolute Gasteiger partial charge is 0.495 e. The summed E-state index contributed by atoms with van der Waals surface area (Å²) in [7, 11) is 1.54. The molecule has 0 aromatic heterocycles. The minimum atomic E-state index is -0.0532. The van der Waals surface area contributed by atoms with Gasteiger partial charge in [-0.3, -0.25) is 9.69 Å². The highest BCUT2D eigenvalue weighted by Crippen LogP contribution is 2.09. The highest BCUT2D eigenvalue weighted by atomic mass is 16.3. The molecular weight excluding hydrogens is 106 g/mol. The Morgan fingerprint density at radius 3 is 2.62 bits per heavy atom. The molecule has 1 aliphatic heterocycles. The molecule has 0 spiro atoms. The van der Waals surface area contributed by atoms with Crippen molar-refractivity contribution in [2.24, 2.45) is 0 Å². The van der Waals surface area contributed by atoms with E-state index >= 15 is 0 Å². The molecule has 0 fully saturated rings. The molecule has 1 aliphatic rings. The van der Waals surface area contributed by atoms with Gasteiger partial charge in [0.1, 0.15) is 0 Å². The molecule has 1 rings (SSSR count). The monoisotopic (exact) mass is 113 g/mol. The number of hydrogen-bond acceptors (Lipinski definition) is 2. The van der Waals surface area contributed by atoms with Gasteiger partial charge in [0.05, 0.1) is 6.42 Å². The van der Waals surface area contributed by atoms with Gasteiger partial charge < -0.3 is 5.11 Å². The Morgan fingerprint density at radius 2 is 2.50 bits per heavy atom. The second-order valence-corrected chi connectivity index (χ2v) is 1.72. The third-order valence-electron chi connectivity index (χ3n) is 1.18. The first-order valence-corrected chi connectivity index (χ1v) is 2.37. The van der Waals surface area contributed by atoms with Gasteiger partial charge in [-0.25, -0.2) is 0 Å². The maximum absolute atomic E-state index is 10.5. The standard InChI is InChI=1S/C5H7NO2/c1-6-4(7)2-3-5(6)8/h2,7H,3H2,1H3. The topological polar surface area (TPSA) is 40.5 Å². The molecule has 0 atom stereocenters. The van der Waals surface area contributed by atoms with Crippen molar-refractivity contribution in [3.8, 4) is 0 Å². The first kappa shape index (κ1) is 5.15. The molecule has 0 bridgehead atoms. The summed E-state index contributed by atoms with van der Waals surface area (Å²) in [5.74, 6) is 0.0116. The van der Waals surface area contributed by atoms with Crippen molar-refractivity contribution >= 4 is 5.91 Å². The molecule has 0 radical (unpaired) electrons. The third-order valence-corrected chi connectivity index (χ3v) is 1.18. The minimum absolute atomic E-state index is 0.0532. The molecule has 0 unspecified atom stereocenters. The maximum Gasteiger partial charge on any atom is 0.233 e. The quantitative estimate of drug-likeness (QED) is 0.489. The Labute approximate surface area is 47.2 Å². The Balaban J connectivity index is 2.72. The fourth-order valence-electron chi connectivity index (χ4n) is 0.580. The van der Waals surface area contributed by atoms with E-state index in [4.69, 9.17) is 5.11 Å². The molecule has 3 heteroatoms. The lowest BCUT2D eigenvalue weighted by molar-refractivity contribution is -0.127.